The quantitative estimate of drug-likeness (QED) is 0.182. The maximum Gasteiger partial charge on any atom is 0.246 e. The zero-order valence-electron chi connectivity index (χ0n) is 26.5. The molecule has 3 aromatic heterocycles. The summed E-state index contributed by atoms with van der Waals surface area (Å²) in [5.74, 6) is -0.281. The zero-order valence-corrected chi connectivity index (χ0v) is 28.0. The standard InChI is InChI=1S/C34H36Cl2FN7O3/c1-19-25(35)15-27-23(16-38-41-27)29(19)30-26(36)14-22-32(31(30)37)40-34(47-18-21-6-4-10-42(21)2)24-17-39-44(33(22)24)20-8-11-43(12-9-20)28(45)7-5-13-46-3/h5,7,14-17,20-21H,4,6,8-13,18H2,1-3H3,(H,38,41)/b7-5+. The van der Waals surface area contributed by atoms with Gasteiger partial charge in [-0.2, -0.15) is 10.2 Å². The predicted octanol–water partition coefficient (Wildman–Crippen LogP) is 6.72. The van der Waals surface area contributed by atoms with E-state index < -0.39 is 5.82 Å². The van der Waals surface area contributed by atoms with Crippen molar-refractivity contribution >= 4 is 61.8 Å². The predicted molar refractivity (Wildman–Crippen MR) is 182 cm³/mol. The number of nitrogens with one attached hydrogen (secondary N) is 1. The van der Waals surface area contributed by atoms with Crippen molar-refractivity contribution < 1.29 is 18.7 Å². The lowest BCUT2D eigenvalue weighted by Gasteiger charge is -2.32. The smallest absolute Gasteiger partial charge is 0.246 e. The molecule has 5 heterocycles. The Balaban J connectivity index is 1.35. The van der Waals surface area contributed by atoms with Gasteiger partial charge in [-0.1, -0.05) is 29.3 Å². The van der Waals surface area contributed by atoms with Gasteiger partial charge in [0.2, 0.25) is 11.8 Å². The van der Waals surface area contributed by atoms with Crippen LogP contribution in [0.2, 0.25) is 10.0 Å². The van der Waals surface area contributed by atoms with Crippen molar-refractivity contribution in [1.82, 2.24) is 34.8 Å². The summed E-state index contributed by atoms with van der Waals surface area (Å²) in [7, 11) is 3.68. The van der Waals surface area contributed by atoms with E-state index in [0.29, 0.717) is 88.4 Å². The maximum absolute atomic E-state index is 17.0. The number of ether oxygens (including phenoxy) is 2. The van der Waals surface area contributed by atoms with Gasteiger partial charge in [-0.15, -0.1) is 0 Å². The van der Waals surface area contributed by atoms with Gasteiger partial charge in [0.1, 0.15) is 12.1 Å². The molecule has 1 N–H and O–H groups in total. The van der Waals surface area contributed by atoms with Crippen LogP contribution in [0, 0.1) is 12.7 Å². The summed E-state index contributed by atoms with van der Waals surface area (Å²) in [5, 5.41) is 14.5. The van der Waals surface area contributed by atoms with Gasteiger partial charge in [-0.05, 0) is 63.9 Å². The van der Waals surface area contributed by atoms with E-state index in [-0.39, 0.29) is 34.1 Å². The molecule has 0 saturated carbocycles. The first-order chi connectivity index (χ1) is 22.8. The third-order valence-electron chi connectivity index (χ3n) is 9.61. The van der Waals surface area contributed by atoms with E-state index in [9.17, 15) is 4.79 Å². The summed E-state index contributed by atoms with van der Waals surface area (Å²) in [5.41, 5.74) is 2.98. The molecule has 5 aromatic rings. The Labute approximate surface area is 281 Å². The zero-order chi connectivity index (χ0) is 32.8. The minimum Gasteiger partial charge on any atom is -0.475 e. The summed E-state index contributed by atoms with van der Waals surface area (Å²) in [6, 6.07) is 3.76. The number of benzene rings is 2. The van der Waals surface area contributed by atoms with Crippen LogP contribution in [-0.2, 0) is 9.53 Å². The minimum atomic E-state index is -0.568. The molecular weight excluding hydrogens is 644 g/mol. The number of rotatable bonds is 8. The molecular formula is C34H36Cl2FN7O3. The number of piperidine rings is 1. The summed E-state index contributed by atoms with van der Waals surface area (Å²) < 4.78 is 30.4. The van der Waals surface area contributed by atoms with Gasteiger partial charge in [0.05, 0.1) is 46.5 Å². The first-order valence-electron chi connectivity index (χ1n) is 15.9. The second kappa shape index (κ2) is 13.0. The molecule has 7 rings (SSSR count). The van der Waals surface area contributed by atoms with Crippen molar-refractivity contribution in [3.8, 4) is 17.0 Å². The summed E-state index contributed by atoms with van der Waals surface area (Å²) in [4.78, 5) is 21.6. The van der Waals surface area contributed by atoms with Crippen molar-refractivity contribution in [1.29, 1.82) is 0 Å². The first-order valence-corrected chi connectivity index (χ1v) is 16.6. The lowest BCUT2D eigenvalue weighted by Crippen LogP contribution is -2.38. The average molecular weight is 681 g/mol. The number of fused-ring (bicyclic) bond motifs is 4. The summed E-state index contributed by atoms with van der Waals surface area (Å²) in [6.45, 7) is 4.79. The number of likely N-dealkylation sites (tertiary alicyclic amines) is 2. The SMILES string of the molecule is COC/C=C/C(=O)N1CCC(n2ncc3c(OCC4CCCN4C)nc4c(F)c(-c5c(C)c(Cl)cc6[nH]ncc56)c(Cl)cc4c32)CC1. The molecule has 2 aromatic carbocycles. The largest absolute Gasteiger partial charge is 0.475 e. The number of carbonyl (C=O) groups excluding carboxylic acids is 1. The van der Waals surface area contributed by atoms with Gasteiger partial charge in [-0.25, -0.2) is 9.37 Å². The lowest BCUT2D eigenvalue weighted by atomic mass is 9.94. The number of pyridine rings is 1. The van der Waals surface area contributed by atoms with E-state index in [0.717, 1.165) is 19.4 Å². The molecule has 2 saturated heterocycles. The molecule has 0 aliphatic carbocycles. The van der Waals surface area contributed by atoms with Crippen LogP contribution >= 0.6 is 23.2 Å². The highest BCUT2D eigenvalue weighted by Gasteiger charge is 2.30. The monoisotopic (exact) mass is 679 g/mol. The van der Waals surface area contributed by atoms with Crippen molar-refractivity contribution in [2.75, 3.05) is 47.0 Å². The molecule has 0 bridgehead atoms. The Morgan fingerprint density at radius 1 is 1.09 bits per heavy atom. The second-order valence-corrected chi connectivity index (χ2v) is 13.2. The first kappa shape index (κ1) is 31.8. The van der Waals surface area contributed by atoms with E-state index in [4.69, 9.17) is 42.8 Å². The lowest BCUT2D eigenvalue weighted by molar-refractivity contribution is -0.127. The van der Waals surface area contributed by atoms with Gasteiger partial charge in [0.25, 0.3) is 0 Å². The number of halogens is 3. The van der Waals surface area contributed by atoms with E-state index >= 15 is 4.39 Å². The highest BCUT2D eigenvalue weighted by molar-refractivity contribution is 6.36. The van der Waals surface area contributed by atoms with Crippen LogP contribution < -0.4 is 4.74 Å². The number of hydrogen-bond donors (Lipinski definition) is 1. The Morgan fingerprint density at radius 2 is 1.89 bits per heavy atom. The fraction of sp³-hybridized carbons (Fsp3) is 0.412. The van der Waals surface area contributed by atoms with Crippen LogP contribution in [0.25, 0.3) is 43.8 Å². The fourth-order valence-corrected chi connectivity index (χ4v) is 7.48. The van der Waals surface area contributed by atoms with Crippen LogP contribution in [0.1, 0.15) is 37.3 Å². The highest BCUT2D eigenvalue weighted by Crippen LogP contribution is 2.45. The topological polar surface area (TPSA) is 101 Å². The van der Waals surface area contributed by atoms with Crippen molar-refractivity contribution in [3.63, 3.8) is 0 Å². The normalized spacial score (nSPS) is 18.1. The maximum atomic E-state index is 17.0. The van der Waals surface area contributed by atoms with Crippen molar-refractivity contribution in [2.45, 2.75) is 44.7 Å². The van der Waals surface area contributed by atoms with Crippen molar-refractivity contribution in [2.24, 2.45) is 0 Å². The van der Waals surface area contributed by atoms with Gasteiger partial charge in [0, 0.05) is 59.2 Å². The second-order valence-electron chi connectivity index (χ2n) is 12.4. The fourth-order valence-electron chi connectivity index (χ4n) is 6.99. The average Bonchev–Trinajstić information content (AvgIpc) is 3.82. The van der Waals surface area contributed by atoms with E-state index in [1.165, 1.54) is 0 Å². The number of H-pyrrole nitrogens is 1. The molecule has 2 fully saturated rings. The number of hydrogen-bond acceptors (Lipinski definition) is 7. The molecule has 246 valence electrons. The Hall–Kier alpha value is -3.77. The van der Waals surface area contributed by atoms with Gasteiger partial charge >= 0.3 is 0 Å². The molecule has 0 radical (unpaired) electrons. The van der Waals surface area contributed by atoms with E-state index in [2.05, 4.69) is 22.1 Å². The van der Waals surface area contributed by atoms with E-state index in [1.807, 2.05) is 16.5 Å². The molecule has 47 heavy (non-hydrogen) atoms. The van der Waals surface area contributed by atoms with Crippen LogP contribution in [0.3, 0.4) is 0 Å². The number of amides is 1. The summed E-state index contributed by atoms with van der Waals surface area (Å²) in [6.07, 6.45) is 10.2. The molecule has 2 aliphatic rings. The molecule has 10 nitrogen and oxygen atoms in total. The third kappa shape index (κ3) is 5.73. The summed E-state index contributed by atoms with van der Waals surface area (Å²) >= 11 is 13.6. The van der Waals surface area contributed by atoms with Crippen LogP contribution in [0.15, 0.2) is 36.7 Å². The van der Waals surface area contributed by atoms with Crippen LogP contribution in [-0.4, -0.2) is 93.7 Å². The van der Waals surface area contributed by atoms with Gasteiger partial charge in [0.15, 0.2) is 5.82 Å². The Kier molecular flexibility index (Phi) is 8.82. The Morgan fingerprint density at radius 3 is 2.64 bits per heavy atom. The third-order valence-corrected chi connectivity index (χ3v) is 10.3. The molecule has 2 aliphatic heterocycles. The molecule has 1 amide bonds. The number of aromatic nitrogens is 5. The van der Waals surface area contributed by atoms with Crippen LogP contribution in [0.5, 0.6) is 5.88 Å². The van der Waals surface area contributed by atoms with E-state index in [1.54, 1.807) is 43.8 Å². The number of methoxy groups -OCH3 is 1. The van der Waals surface area contributed by atoms with Gasteiger partial charge < -0.3 is 19.3 Å². The number of nitrogens with zero attached hydrogens (tertiary/aromatic N) is 6. The highest BCUT2D eigenvalue weighted by atomic mass is 35.5. The van der Waals surface area contributed by atoms with Gasteiger partial charge in [-0.3, -0.25) is 14.6 Å². The molecule has 13 heteroatoms. The number of aromatic amines is 1. The number of carbonyl (C=O) groups is 1. The van der Waals surface area contributed by atoms with Crippen molar-refractivity contribution in [3.05, 3.63) is 58.1 Å². The Bertz CT molecular complexity index is 2020. The molecule has 1 atom stereocenters. The van der Waals surface area contributed by atoms with Crippen LogP contribution in [0.4, 0.5) is 4.39 Å². The minimum absolute atomic E-state index is 0.0267. The molecule has 1 unspecified atom stereocenters. The molecule has 0 spiro atoms. The number of likely N-dealkylation sites (N-methyl/N-ethyl adjacent to an activating group) is 1.